The summed E-state index contributed by atoms with van der Waals surface area (Å²) in [5.74, 6) is 0.327. The molecule has 2 aliphatic rings. The van der Waals surface area contributed by atoms with E-state index in [0.717, 1.165) is 62.6 Å². The van der Waals surface area contributed by atoms with Gasteiger partial charge in [0.2, 0.25) is 0 Å². The standard InChI is InChI=1S/C23H39N3O2/c1-4-6-8-9-10-11-13-14-18-16-17-20-21(22(27)28-3)19(15-12-7-5-2)25-23(24)26(18)20/h11,13,18-19H,4-10,12,14-17H2,1-3H3,(H2,24,25)/b13-11-/t18-,19-/m0/s1. The Bertz CT molecular complexity index is 595. The number of nitrogens with zero attached hydrogens (tertiary/aromatic N) is 2. The maximum Gasteiger partial charge on any atom is 0.337 e. The number of hydrogen-bond donors (Lipinski definition) is 1. The number of ether oxygens (including phenoxy) is 1. The van der Waals surface area contributed by atoms with Gasteiger partial charge in [-0.15, -0.1) is 0 Å². The number of guanidine groups is 1. The first kappa shape index (κ1) is 22.5. The summed E-state index contributed by atoms with van der Waals surface area (Å²) in [5.41, 5.74) is 8.14. The van der Waals surface area contributed by atoms with E-state index >= 15 is 0 Å². The second kappa shape index (κ2) is 11.9. The Kier molecular flexibility index (Phi) is 9.59. The van der Waals surface area contributed by atoms with Gasteiger partial charge in [0.15, 0.2) is 5.96 Å². The van der Waals surface area contributed by atoms with E-state index in [1.807, 2.05) is 0 Å². The van der Waals surface area contributed by atoms with Crippen molar-refractivity contribution in [1.82, 2.24) is 4.90 Å². The van der Waals surface area contributed by atoms with Gasteiger partial charge < -0.3 is 15.4 Å². The Morgan fingerprint density at radius 2 is 1.93 bits per heavy atom. The highest BCUT2D eigenvalue weighted by Gasteiger charge is 2.39. The van der Waals surface area contributed by atoms with Crippen LogP contribution < -0.4 is 5.73 Å². The summed E-state index contributed by atoms with van der Waals surface area (Å²) >= 11 is 0. The van der Waals surface area contributed by atoms with E-state index in [-0.39, 0.29) is 12.0 Å². The molecule has 2 rings (SSSR count). The first-order valence-electron chi connectivity index (χ1n) is 11.2. The van der Waals surface area contributed by atoms with Crippen LogP contribution in [0.5, 0.6) is 0 Å². The molecule has 0 saturated carbocycles. The lowest BCUT2D eigenvalue weighted by Gasteiger charge is -2.33. The van der Waals surface area contributed by atoms with E-state index in [9.17, 15) is 4.79 Å². The zero-order valence-electron chi connectivity index (χ0n) is 18.1. The van der Waals surface area contributed by atoms with Crippen LogP contribution in [0.2, 0.25) is 0 Å². The van der Waals surface area contributed by atoms with E-state index < -0.39 is 0 Å². The van der Waals surface area contributed by atoms with Gasteiger partial charge in [-0.2, -0.15) is 0 Å². The molecular weight excluding hydrogens is 350 g/mol. The Hall–Kier alpha value is -1.78. The molecule has 0 aromatic heterocycles. The van der Waals surface area contributed by atoms with Crippen molar-refractivity contribution in [3.05, 3.63) is 23.4 Å². The van der Waals surface area contributed by atoms with Gasteiger partial charge in [0.25, 0.3) is 0 Å². The third-order valence-corrected chi connectivity index (χ3v) is 5.83. The van der Waals surface area contributed by atoms with Crippen molar-refractivity contribution in [2.45, 2.75) is 103 Å². The fourth-order valence-corrected chi connectivity index (χ4v) is 4.29. The molecule has 1 fully saturated rings. The fraction of sp³-hybridized carbons (Fsp3) is 0.739. The van der Waals surface area contributed by atoms with Gasteiger partial charge in [0.1, 0.15) is 0 Å². The molecular formula is C23H39N3O2. The zero-order chi connectivity index (χ0) is 20.4. The van der Waals surface area contributed by atoms with Crippen LogP contribution in [0.4, 0.5) is 0 Å². The molecule has 0 aliphatic carbocycles. The predicted octanol–water partition coefficient (Wildman–Crippen LogP) is 5.07. The molecule has 0 radical (unpaired) electrons. The lowest BCUT2D eigenvalue weighted by molar-refractivity contribution is -0.136. The highest BCUT2D eigenvalue weighted by molar-refractivity contribution is 5.95. The van der Waals surface area contributed by atoms with Crippen molar-refractivity contribution >= 4 is 11.9 Å². The molecule has 2 atom stereocenters. The summed E-state index contributed by atoms with van der Waals surface area (Å²) < 4.78 is 5.10. The normalized spacial score (nSPS) is 22.0. The topological polar surface area (TPSA) is 67.9 Å². The van der Waals surface area contributed by atoms with Gasteiger partial charge in [-0.25, -0.2) is 9.79 Å². The number of rotatable bonds is 12. The molecule has 2 aliphatic heterocycles. The van der Waals surface area contributed by atoms with Gasteiger partial charge in [-0.05, 0) is 38.5 Å². The second-order valence-electron chi connectivity index (χ2n) is 7.97. The van der Waals surface area contributed by atoms with E-state index in [4.69, 9.17) is 15.5 Å². The number of aliphatic imine (C=N–C) groups is 1. The number of unbranched alkanes of at least 4 members (excludes halogenated alkanes) is 6. The number of carbonyl (C=O) groups excluding carboxylic acids is 1. The number of nitrogens with two attached hydrogens (primary N) is 1. The third-order valence-electron chi connectivity index (χ3n) is 5.83. The third kappa shape index (κ3) is 5.86. The highest BCUT2D eigenvalue weighted by Crippen LogP contribution is 2.37. The maximum atomic E-state index is 12.5. The van der Waals surface area contributed by atoms with Crippen molar-refractivity contribution in [1.29, 1.82) is 0 Å². The quantitative estimate of drug-likeness (QED) is 0.287. The number of carbonyl (C=O) groups is 1. The molecule has 0 amide bonds. The van der Waals surface area contributed by atoms with Gasteiger partial charge in [-0.3, -0.25) is 0 Å². The minimum absolute atomic E-state index is 0.155. The smallest absolute Gasteiger partial charge is 0.337 e. The average Bonchev–Trinajstić information content (AvgIpc) is 3.11. The Labute approximate surface area is 171 Å². The number of methoxy groups -OCH3 is 1. The van der Waals surface area contributed by atoms with Crippen molar-refractivity contribution < 1.29 is 9.53 Å². The second-order valence-corrected chi connectivity index (χ2v) is 7.97. The van der Waals surface area contributed by atoms with Gasteiger partial charge in [-0.1, -0.05) is 64.5 Å². The van der Waals surface area contributed by atoms with E-state index in [1.54, 1.807) is 0 Å². The fourth-order valence-electron chi connectivity index (χ4n) is 4.29. The van der Waals surface area contributed by atoms with Crippen LogP contribution in [0.3, 0.4) is 0 Å². The summed E-state index contributed by atoms with van der Waals surface area (Å²) in [6, 6.07) is 0.139. The highest BCUT2D eigenvalue weighted by atomic mass is 16.5. The minimum atomic E-state index is -0.245. The lowest BCUT2D eigenvalue weighted by Crippen LogP contribution is -2.45. The molecule has 158 valence electrons. The summed E-state index contributed by atoms with van der Waals surface area (Å²) in [4.78, 5) is 19.3. The average molecular weight is 390 g/mol. The molecule has 28 heavy (non-hydrogen) atoms. The molecule has 2 N–H and O–H groups in total. The summed E-state index contributed by atoms with van der Waals surface area (Å²) in [7, 11) is 1.46. The van der Waals surface area contributed by atoms with Crippen molar-refractivity contribution in [3.8, 4) is 0 Å². The molecule has 1 saturated heterocycles. The Morgan fingerprint density at radius 3 is 2.64 bits per heavy atom. The molecule has 5 nitrogen and oxygen atoms in total. The van der Waals surface area contributed by atoms with Gasteiger partial charge in [0.05, 0.1) is 18.7 Å². The van der Waals surface area contributed by atoms with E-state index in [2.05, 4.69) is 30.9 Å². The molecule has 2 heterocycles. The van der Waals surface area contributed by atoms with Gasteiger partial charge >= 0.3 is 5.97 Å². The van der Waals surface area contributed by atoms with Crippen LogP contribution in [0.15, 0.2) is 28.4 Å². The van der Waals surface area contributed by atoms with E-state index in [0.29, 0.717) is 12.0 Å². The molecule has 0 bridgehead atoms. The molecule has 0 spiro atoms. The molecule has 5 heteroatoms. The zero-order valence-corrected chi connectivity index (χ0v) is 18.1. The summed E-state index contributed by atoms with van der Waals surface area (Å²) in [6.45, 7) is 4.42. The monoisotopic (exact) mass is 389 g/mol. The number of hydrogen-bond acceptors (Lipinski definition) is 5. The molecule has 0 unspecified atom stereocenters. The number of fused-ring (bicyclic) bond motifs is 1. The number of allylic oxidation sites excluding steroid dienone is 2. The van der Waals surface area contributed by atoms with E-state index in [1.165, 1.54) is 32.8 Å². The first-order valence-corrected chi connectivity index (χ1v) is 11.2. The lowest BCUT2D eigenvalue weighted by atomic mass is 9.97. The summed E-state index contributed by atoms with van der Waals surface area (Å²) in [5, 5.41) is 0. The number of esters is 1. The molecule has 0 aromatic rings. The Balaban J connectivity index is 2.04. The van der Waals surface area contributed by atoms with Crippen LogP contribution in [0.1, 0.15) is 90.9 Å². The SMILES string of the molecule is CCCCCC/C=C\C[C@H]1CCC2=C(C(=O)OC)[C@H](CCCCC)N=C(N)N21. The van der Waals surface area contributed by atoms with Gasteiger partial charge in [0, 0.05) is 11.7 Å². The van der Waals surface area contributed by atoms with Crippen LogP contribution in [0.25, 0.3) is 0 Å². The Morgan fingerprint density at radius 1 is 1.18 bits per heavy atom. The van der Waals surface area contributed by atoms with Crippen LogP contribution >= 0.6 is 0 Å². The minimum Gasteiger partial charge on any atom is -0.466 e. The van der Waals surface area contributed by atoms with Crippen molar-refractivity contribution in [3.63, 3.8) is 0 Å². The predicted molar refractivity (Wildman–Crippen MR) is 116 cm³/mol. The maximum absolute atomic E-state index is 12.5. The van der Waals surface area contributed by atoms with Crippen LogP contribution in [0, 0.1) is 0 Å². The van der Waals surface area contributed by atoms with Crippen molar-refractivity contribution in [2.24, 2.45) is 10.7 Å². The first-order chi connectivity index (χ1) is 13.6. The van der Waals surface area contributed by atoms with Crippen LogP contribution in [-0.4, -0.2) is 36.0 Å². The van der Waals surface area contributed by atoms with Crippen molar-refractivity contribution in [2.75, 3.05) is 7.11 Å². The molecule has 0 aromatic carbocycles. The largest absolute Gasteiger partial charge is 0.466 e. The van der Waals surface area contributed by atoms with Crippen LogP contribution in [-0.2, 0) is 9.53 Å². The summed E-state index contributed by atoms with van der Waals surface area (Å²) in [6.07, 6.45) is 17.9.